The van der Waals surface area contributed by atoms with E-state index in [1.54, 1.807) is 24.3 Å². The van der Waals surface area contributed by atoms with Gasteiger partial charge < -0.3 is 19.9 Å². The fraction of sp³-hybridized carbons (Fsp3) is 0.176. The van der Waals surface area contributed by atoms with E-state index in [0.29, 0.717) is 11.3 Å². The number of methoxy groups -OCH3 is 1. The molecule has 0 spiro atoms. The third-order valence-electron chi connectivity index (χ3n) is 3.26. The van der Waals surface area contributed by atoms with Gasteiger partial charge in [-0.1, -0.05) is 12.1 Å². The number of non-ortho nitro benzene ring substituents is 1. The normalized spacial score (nSPS) is 10.0. The summed E-state index contributed by atoms with van der Waals surface area (Å²) in [5, 5.41) is 10.9. The van der Waals surface area contributed by atoms with Crippen molar-refractivity contribution in [2.75, 3.05) is 13.7 Å². The topological polar surface area (TPSA) is 131 Å². The van der Waals surface area contributed by atoms with Crippen LogP contribution in [0.25, 0.3) is 0 Å². The number of nitrogens with zero attached hydrogens (tertiary/aromatic N) is 1. The van der Waals surface area contributed by atoms with Crippen molar-refractivity contribution in [3.05, 3.63) is 63.7 Å². The van der Waals surface area contributed by atoms with Crippen molar-refractivity contribution < 1.29 is 28.7 Å². The van der Waals surface area contributed by atoms with Crippen LogP contribution >= 0.6 is 0 Å². The summed E-state index contributed by atoms with van der Waals surface area (Å²) >= 11 is 0. The largest absolute Gasteiger partial charge is 0.496 e. The van der Waals surface area contributed by atoms with E-state index in [-0.39, 0.29) is 30.2 Å². The monoisotopic (exact) mass is 360 g/mol. The second-order valence-electron chi connectivity index (χ2n) is 5.12. The van der Waals surface area contributed by atoms with E-state index in [4.69, 9.17) is 19.9 Å². The second kappa shape index (κ2) is 8.47. The van der Waals surface area contributed by atoms with Gasteiger partial charge in [0, 0.05) is 12.1 Å². The van der Waals surface area contributed by atoms with Gasteiger partial charge in [-0.05, 0) is 23.8 Å². The zero-order valence-electron chi connectivity index (χ0n) is 13.8. The maximum Gasteiger partial charge on any atom is 0.342 e. The first-order valence-corrected chi connectivity index (χ1v) is 7.40. The smallest absolute Gasteiger partial charge is 0.342 e. The van der Waals surface area contributed by atoms with Gasteiger partial charge in [-0.15, -0.1) is 0 Å². The van der Waals surface area contributed by atoms with Crippen LogP contribution in [0.5, 0.6) is 11.5 Å². The number of nitrogens with two attached hydrogens (primary N) is 1. The Hall–Kier alpha value is -3.62. The minimum Gasteiger partial charge on any atom is -0.496 e. The van der Waals surface area contributed by atoms with Crippen molar-refractivity contribution in [1.82, 2.24) is 0 Å². The minimum absolute atomic E-state index is 0.0529. The van der Waals surface area contributed by atoms with Gasteiger partial charge in [0.2, 0.25) is 0 Å². The van der Waals surface area contributed by atoms with E-state index < -0.39 is 16.8 Å². The van der Waals surface area contributed by atoms with E-state index in [2.05, 4.69) is 0 Å². The SMILES string of the molecule is COc1ccc([N+](=O)[O-])cc1C(=O)OCc1cccc(OCC(N)=O)c1. The molecule has 9 heteroatoms. The van der Waals surface area contributed by atoms with E-state index in [1.165, 1.54) is 19.2 Å². The Morgan fingerprint density at radius 2 is 1.96 bits per heavy atom. The number of hydrogen-bond acceptors (Lipinski definition) is 7. The molecule has 136 valence electrons. The summed E-state index contributed by atoms with van der Waals surface area (Å²) in [4.78, 5) is 33.2. The van der Waals surface area contributed by atoms with E-state index in [9.17, 15) is 19.7 Å². The molecule has 0 bridgehead atoms. The zero-order chi connectivity index (χ0) is 19.1. The van der Waals surface area contributed by atoms with Crippen LogP contribution in [0, 0.1) is 10.1 Å². The molecule has 2 rings (SSSR count). The Morgan fingerprint density at radius 3 is 2.62 bits per heavy atom. The van der Waals surface area contributed by atoms with Crippen LogP contribution in [0.3, 0.4) is 0 Å². The van der Waals surface area contributed by atoms with Crippen LogP contribution in [0.2, 0.25) is 0 Å². The molecule has 0 radical (unpaired) electrons. The Bertz CT molecular complexity index is 836. The van der Waals surface area contributed by atoms with E-state index in [1.807, 2.05) is 0 Å². The Kier molecular flexibility index (Phi) is 6.10. The van der Waals surface area contributed by atoms with Crippen molar-refractivity contribution in [3.8, 4) is 11.5 Å². The molecular formula is C17H16N2O7. The number of amides is 1. The zero-order valence-corrected chi connectivity index (χ0v) is 13.8. The average molecular weight is 360 g/mol. The molecule has 9 nitrogen and oxygen atoms in total. The molecule has 0 aliphatic heterocycles. The fourth-order valence-corrected chi connectivity index (χ4v) is 2.08. The van der Waals surface area contributed by atoms with Crippen molar-refractivity contribution in [1.29, 1.82) is 0 Å². The maximum atomic E-state index is 12.3. The van der Waals surface area contributed by atoms with E-state index >= 15 is 0 Å². The van der Waals surface area contributed by atoms with Crippen molar-refractivity contribution in [3.63, 3.8) is 0 Å². The molecular weight excluding hydrogens is 344 g/mol. The summed E-state index contributed by atoms with van der Waals surface area (Å²) in [7, 11) is 1.34. The Morgan fingerprint density at radius 1 is 1.19 bits per heavy atom. The van der Waals surface area contributed by atoms with Gasteiger partial charge in [0.05, 0.1) is 12.0 Å². The van der Waals surface area contributed by atoms with Gasteiger partial charge in [-0.3, -0.25) is 14.9 Å². The summed E-state index contributed by atoms with van der Waals surface area (Å²) in [6, 6.07) is 10.2. The predicted octanol–water partition coefficient (Wildman–Crippen LogP) is 1.82. The van der Waals surface area contributed by atoms with Gasteiger partial charge in [-0.25, -0.2) is 4.79 Å². The highest BCUT2D eigenvalue weighted by Gasteiger charge is 2.19. The highest BCUT2D eigenvalue weighted by molar-refractivity contribution is 5.93. The van der Waals surface area contributed by atoms with Gasteiger partial charge >= 0.3 is 5.97 Å². The number of ether oxygens (including phenoxy) is 3. The lowest BCUT2D eigenvalue weighted by Crippen LogP contribution is -2.20. The molecule has 26 heavy (non-hydrogen) atoms. The first-order chi connectivity index (χ1) is 12.4. The average Bonchev–Trinajstić information content (AvgIpc) is 2.64. The summed E-state index contributed by atoms with van der Waals surface area (Å²) in [6.07, 6.45) is 0. The predicted molar refractivity (Wildman–Crippen MR) is 89.9 cm³/mol. The van der Waals surface area contributed by atoms with E-state index in [0.717, 1.165) is 6.07 Å². The van der Waals surface area contributed by atoms with Crippen LogP contribution in [0.15, 0.2) is 42.5 Å². The van der Waals surface area contributed by atoms with Crippen molar-refractivity contribution in [2.24, 2.45) is 5.73 Å². The molecule has 0 fully saturated rings. The molecule has 2 N–H and O–H groups in total. The maximum absolute atomic E-state index is 12.3. The van der Waals surface area contributed by atoms with Crippen LogP contribution < -0.4 is 15.2 Å². The lowest BCUT2D eigenvalue weighted by atomic mass is 10.1. The number of nitro benzene ring substituents is 1. The van der Waals surface area contributed by atoms with Crippen LogP contribution in [0.4, 0.5) is 5.69 Å². The number of nitro groups is 1. The summed E-state index contributed by atoms with van der Waals surface area (Å²) in [5.74, 6) is -0.821. The lowest BCUT2D eigenvalue weighted by molar-refractivity contribution is -0.384. The molecule has 2 aromatic carbocycles. The number of hydrogen-bond donors (Lipinski definition) is 1. The Labute approximate surface area is 148 Å². The van der Waals surface area contributed by atoms with Gasteiger partial charge in [-0.2, -0.15) is 0 Å². The fourth-order valence-electron chi connectivity index (χ4n) is 2.08. The molecule has 0 aliphatic carbocycles. The molecule has 0 saturated heterocycles. The number of esters is 1. The molecule has 0 aliphatic rings. The first-order valence-electron chi connectivity index (χ1n) is 7.40. The third kappa shape index (κ3) is 4.94. The molecule has 0 atom stereocenters. The molecule has 2 aromatic rings. The van der Waals surface area contributed by atoms with Crippen LogP contribution in [0.1, 0.15) is 15.9 Å². The molecule has 0 aromatic heterocycles. The number of rotatable bonds is 8. The van der Waals surface area contributed by atoms with Gasteiger partial charge in [0.15, 0.2) is 6.61 Å². The summed E-state index contributed by atoms with van der Waals surface area (Å²) in [5.41, 5.74) is 5.31. The number of carbonyl (C=O) groups excluding carboxylic acids is 2. The molecule has 1 amide bonds. The summed E-state index contributed by atoms with van der Waals surface area (Å²) in [6.45, 7) is -0.368. The highest BCUT2D eigenvalue weighted by Crippen LogP contribution is 2.25. The lowest BCUT2D eigenvalue weighted by Gasteiger charge is -2.10. The number of carbonyl (C=O) groups is 2. The third-order valence-corrected chi connectivity index (χ3v) is 3.26. The van der Waals surface area contributed by atoms with Crippen molar-refractivity contribution >= 4 is 17.6 Å². The quantitative estimate of drug-likeness (QED) is 0.431. The minimum atomic E-state index is -0.769. The number of primary amides is 1. The standard InChI is InChI=1S/C17H16N2O7/c1-24-15-6-5-12(19(22)23)8-14(15)17(21)26-9-11-3-2-4-13(7-11)25-10-16(18)20/h2-8H,9-10H2,1H3,(H2,18,20). The molecule has 0 heterocycles. The van der Waals surface area contributed by atoms with Gasteiger partial charge in [0.1, 0.15) is 23.7 Å². The van der Waals surface area contributed by atoms with Crippen LogP contribution in [-0.4, -0.2) is 30.5 Å². The van der Waals surface area contributed by atoms with Gasteiger partial charge in [0.25, 0.3) is 11.6 Å². The van der Waals surface area contributed by atoms with Crippen molar-refractivity contribution in [2.45, 2.75) is 6.61 Å². The van der Waals surface area contributed by atoms with Crippen LogP contribution in [-0.2, 0) is 16.1 Å². The number of benzene rings is 2. The Balaban J connectivity index is 2.09. The second-order valence-corrected chi connectivity index (χ2v) is 5.12. The molecule has 0 saturated carbocycles. The summed E-state index contributed by atoms with van der Waals surface area (Å²) < 4.78 is 15.4. The highest BCUT2D eigenvalue weighted by atomic mass is 16.6. The molecule has 0 unspecified atom stereocenters. The first kappa shape index (κ1) is 18.7.